The molecule has 2 nitrogen and oxygen atoms in total. The molecule has 52 heavy (non-hydrogen) atoms. The molecule has 0 bridgehead atoms. The predicted molar refractivity (Wildman–Crippen MR) is 218 cm³/mol. The SMILES string of the molecule is c1ccc(-c2cccc3c2oc2ccccc23)c(-c2ccc(-c3c4ccccc4c(-c4cccc5oc6ccccc6c45)c4ccccc34)cc2)c1. The van der Waals surface area contributed by atoms with E-state index in [9.17, 15) is 0 Å². The maximum atomic E-state index is 6.46. The van der Waals surface area contributed by atoms with Crippen molar-refractivity contribution in [3.8, 4) is 44.5 Å². The average molecular weight is 663 g/mol. The van der Waals surface area contributed by atoms with Gasteiger partial charge in [0.05, 0.1) is 0 Å². The van der Waals surface area contributed by atoms with E-state index in [0.717, 1.165) is 60.6 Å². The van der Waals surface area contributed by atoms with Crippen molar-refractivity contribution in [1.82, 2.24) is 0 Å². The van der Waals surface area contributed by atoms with Crippen LogP contribution in [-0.4, -0.2) is 0 Å². The zero-order chi connectivity index (χ0) is 34.2. The van der Waals surface area contributed by atoms with Gasteiger partial charge in [-0.05, 0) is 78.7 Å². The van der Waals surface area contributed by atoms with Crippen LogP contribution in [0.25, 0.3) is 110 Å². The monoisotopic (exact) mass is 662 g/mol. The van der Waals surface area contributed by atoms with Gasteiger partial charge in [0.25, 0.3) is 0 Å². The summed E-state index contributed by atoms with van der Waals surface area (Å²) >= 11 is 0. The lowest BCUT2D eigenvalue weighted by molar-refractivity contribution is 0.669. The van der Waals surface area contributed by atoms with Gasteiger partial charge in [0.2, 0.25) is 0 Å². The maximum absolute atomic E-state index is 6.46. The molecule has 0 N–H and O–H groups in total. The molecule has 0 aliphatic rings. The molecular formula is C50H30O2. The summed E-state index contributed by atoms with van der Waals surface area (Å²) in [6.45, 7) is 0. The van der Waals surface area contributed by atoms with Gasteiger partial charge >= 0.3 is 0 Å². The van der Waals surface area contributed by atoms with Gasteiger partial charge < -0.3 is 8.83 Å². The summed E-state index contributed by atoms with van der Waals surface area (Å²) in [4.78, 5) is 0. The first-order chi connectivity index (χ1) is 25.8. The predicted octanol–water partition coefficient (Wildman–Crippen LogP) is 14.5. The van der Waals surface area contributed by atoms with Crippen LogP contribution in [0.15, 0.2) is 191 Å². The third kappa shape index (κ3) is 4.25. The Bertz CT molecular complexity index is 3120. The first-order valence-corrected chi connectivity index (χ1v) is 17.8. The van der Waals surface area contributed by atoms with Crippen LogP contribution in [0.2, 0.25) is 0 Å². The Morgan fingerprint density at radius 3 is 1.42 bits per heavy atom. The van der Waals surface area contributed by atoms with Crippen molar-refractivity contribution < 1.29 is 8.83 Å². The average Bonchev–Trinajstić information content (AvgIpc) is 3.79. The highest BCUT2D eigenvalue weighted by Gasteiger charge is 2.21. The summed E-state index contributed by atoms with van der Waals surface area (Å²) < 4.78 is 12.8. The molecule has 0 saturated heterocycles. The van der Waals surface area contributed by atoms with E-state index in [4.69, 9.17) is 8.83 Å². The van der Waals surface area contributed by atoms with Gasteiger partial charge in [-0.25, -0.2) is 0 Å². The number of benzene rings is 9. The molecule has 0 amide bonds. The zero-order valence-electron chi connectivity index (χ0n) is 28.1. The van der Waals surface area contributed by atoms with Gasteiger partial charge in [-0.2, -0.15) is 0 Å². The quantitative estimate of drug-likeness (QED) is 0.175. The first-order valence-electron chi connectivity index (χ1n) is 17.8. The molecule has 242 valence electrons. The molecule has 11 aromatic rings. The summed E-state index contributed by atoms with van der Waals surface area (Å²) in [5.41, 5.74) is 13.1. The number of rotatable bonds is 4. The Morgan fingerprint density at radius 1 is 0.250 bits per heavy atom. The summed E-state index contributed by atoms with van der Waals surface area (Å²) in [6, 6.07) is 65.0. The van der Waals surface area contributed by atoms with Crippen molar-refractivity contribution in [1.29, 1.82) is 0 Å². The molecule has 11 rings (SSSR count). The van der Waals surface area contributed by atoms with Crippen molar-refractivity contribution >= 4 is 65.4 Å². The zero-order valence-corrected chi connectivity index (χ0v) is 28.1. The van der Waals surface area contributed by atoms with E-state index >= 15 is 0 Å². The number of para-hydroxylation sites is 3. The van der Waals surface area contributed by atoms with Crippen LogP contribution in [0, 0.1) is 0 Å². The van der Waals surface area contributed by atoms with Gasteiger partial charge in [-0.3, -0.25) is 0 Å². The molecule has 2 heterocycles. The molecule has 2 aromatic heterocycles. The lowest BCUT2D eigenvalue weighted by Crippen LogP contribution is -1.91. The lowest BCUT2D eigenvalue weighted by atomic mass is 9.84. The fourth-order valence-corrected chi connectivity index (χ4v) is 8.46. The minimum atomic E-state index is 0.906. The van der Waals surface area contributed by atoms with Crippen molar-refractivity contribution in [2.45, 2.75) is 0 Å². The Labute approximate surface area is 299 Å². The molecule has 0 aliphatic carbocycles. The number of furan rings is 2. The molecule has 0 saturated carbocycles. The van der Waals surface area contributed by atoms with Gasteiger partial charge in [0, 0.05) is 27.1 Å². The fourth-order valence-electron chi connectivity index (χ4n) is 8.46. The summed E-state index contributed by atoms with van der Waals surface area (Å²) in [5, 5.41) is 9.47. The Morgan fingerprint density at radius 2 is 0.712 bits per heavy atom. The second-order valence-electron chi connectivity index (χ2n) is 13.5. The highest BCUT2D eigenvalue weighted by molar-refractivity contribution is 6.25. The minimum absolute atomic E-state index is 0.906. The first kappa shape index (κ1) is 28.9. The molecule has 0 aliphatic heterocycles. The van der Waals surface area contributed by atoms with E-state index in [2.05, 4.69) is 164 Å². The third-order valence-corrected chi connectivity index (χ3v) is 10.7. The number of fused-ring (bicyclic) bond motifs is 8. The molecule has 0 radical (unpaired) electrons. The van der Waals surface area contributed by atoms with Crippen LogP contribution in [0.4, 0.5) is 0 Å². The van der Waals surface area contributed by atoms with Crippen LogP contribution < -0.4 is 0 Å². The minimum Gasteiger partial charge on any atom is -0.456 e. The highest BCUT2D eigenvalue weighted by atomic mass is 16.3. The Kier molecular flexibility index (Phi) is 6.28. The van der Waals surface area contributed by atoms with Gasteiger partial charge in [0.1, 0.15) is 22.3 Å². The van der Waals surface area contributed by atoms with Crippen LogP contribution >= 0.6 is 0 Å². The van der Waals surface area contributed by atoms with Gasteiger partial charge in [-0.15, -0.1) is 0 Å². The molecule has 0 spiro atoms. The Balaban J connectivity index is 1.10. The summed E-state index contributed by atoms with van der Waals surface area (Å²) in [6.07, 6.45) is 0. The summed E-state index contributed by atoms with van der Waals surface area (Å²) in [7, 11) is 0. The lowest BCUT2D eigenvalue weighted by Gasteiger charge is -2.18. The van der Waals surface area contributed by atoms with E-state index in [1.807, 2.05) is 18.2 Å². The van der Waals surface area contributed by atoms with E-state index < -0.39 is 0 Å². The van der Waals surface area contributed by atoms with Crippen molar-refractivity contribution in [3.05, 3.63) is 182 Å². The van der Waals surface area contributed by atoms with Crippen LogP contribution in [-0.2, 0) is 0 Å². The number of hydrogen-bond donors (Lipinski definition) is 0. The second-order valence-corrected chi connectivity index (χ2v) is 13.5. The molecule has 2 heteroatoms. The van der Waals surface area contributed by atoms with E-state index in [-0.39, 0.29) is 0 Å². The van der Waals surface area contributed by atoms with Crippen molar-refractivity contribution in [2.24, 2.45) is 0 Å². The molecular weight excluding hydrogens is 633 g/mol. The standard InChI is InChI=1S/C50H30O2/c1-2-14-34(40-21-11-22-41-35-15-7-9-24-44(35)52-50(40)41)33(13-1)31-27-29-32(30-28-31)47-36-16-3-5-18-38(36)48(39-19-6-4-17-37(39)47)43-23-12-26-46-49(43)42-20-8-10-25-45(42)51-46/h1-30H. The summed E-state index contributed by atoms with van der Waals surface area (Å²) in [5.74, 6) is 0. The van der Waals surface area contributed by atoms with Crippen molar-refractivity contribution in [3.63, 3.8) is 0 Å². The van der Waals surface area contributed by atoms with Crippen LogP contribution in [0.1, 0.15) is 0 Å². The van der Waals surface area contributed by atoms with Crippen molar-refractivity contribution in [2.75, 3.05) is 0 Å². The van der Waals surface area contributed by atoms with Gasteiger partial charge in [-0.1, -0.05) is 164 Å². The normalized spacial score (nSPS) is 11.8. The molecule has 0 fully saturated rings. The highest BCUT2D eigenvalue weighted by Crippen LogP contribution is 2.47. The van der Waals surface area contributed by atoms with E-state index in [1.165, 1.54) is 49.4 Å². The molecule has 9 aromatic carbocycles. The maximum Gasteiger partial charge on any atom is 0.143 e. The van der Waals surface area contributed by atoms with Crippen LogP contribution in [0.3, 0.4) is 0 Å². The number of hydrogen-bond acceptors (Lipinski definition) is 2. The fraction of sp³-hybridized carbons (Fsp3) is 0. The largest absolute Gasteiger partial charge is 0.456 e. The van der Waals surface area contributed by atoms with Gasteiger partial charge in [0.15, 0.2) is 0 Å². The van der Waals surface area contributed by atoms with E-state index in [0.29, 0.717) is 0 Å². The van der Waals surface area contributed by atoms with Crippen LogP contribution in [0.5, 0.6) is 0 Å². The third-order valence-electron chi connectivity index (χ3n) is 10.7. The molecule has 0 atom stereocenters. The topological polar surface area (TPSA) is 26.3 Å². The smallest absolute Gasteiger partial charge is 0.143 e. The molecule has 0 unspecified atom stereocenters. The van der Waals surface area contributed by atoms with E-state index in [1.54, 1.807) is 0 Å². The Hall–Kier alpha value is -6.90. The second kappa shape index (κ2) is 11.3.